The van der Waals surface area contributed by atoms with Crippen LogP contribution in [0.4, 0.5) is 4.39 Å². The smallest absolute Gasteiger partial charge is 0.129 e. The van der Waals surface area contributed by atoms with Crippen molar-refractivity contribution in [3.05, 3.63) is 29.3 Å². The summed E-state index contributed by atoms with van der Waals surface area (Å²) in [5, 5.41) is 0. The zero-order chi connectivity index (χ0) is 10.7. The maximum Gasteiger partial charge on any atom is 0.129 e. The van der Waals surface area contributed by atoms with E-state index in [0.717, 1.165) is 5.56 Å². The Labute approximate surface area is 83.9 Å². The van der Waals surface area contributed by atoms with Crippen LogP contribution >= 0.6 is 0 Å². The van der Waals surface area contributed by atoms with Gasteiger partial charge in [0, 0.05) is 17.2 Å². The van der Waals surface area contributed by atoms with Crippen molar-refractivity contribution >= 4 is 0 Å². The molecule has 0 saturated carbocycles. The molecule has 78 valence electrons. The van der Waals surface area contributed by atoms with Crippen LogP contribution in [0.1, 0.15) is 37.2 Å². The molecule has 0 radical (unpaired) electrons. The number of para-hydroxylation sites is 1. The van der Waals surface area contributed by atoms with Gasteiger partial charge in [-0.05, 0) is 13.8 Å². The Morgan fingerprint density at radius 2 is 1.86 bits per heavy atom. The first-order chi connectivity index (χ1) is 6.57. The van der Waals surface area contributed by atoms with Crippen LogP contribution in [0.25, 0.3) is 0 Å². The molecule has 14 heavy (non-hydrogen) atoms. The van der Waals surface area contributed by atoms with Crippen molar-refractivity contribution < 1.29 is 9.13 Å². The van der Waals surface area contributed by atoms with Crippen LogP contribution in [-0.4, -0.2) is 7.11 Å². The minimum absolute atomic E-state index is 0.149. The van der Waals surface area contributed by atoms with Gasteiger partial charge in [0.25, 0.3) is 0 Å². The standard InChI is InChI=1S/C11H16FNO/c1-7(12)9-5-4-6-10(8(2)13)11(9)14-3/h4-8H,13H2,1-3H3. The maximum atomic E-state index is 13.2. The number of alkyl halides is 1. The average Bonchev–Trinajstić information content (AvgIpc) is 2.16. The summed E-state index contributed by atoms with van der Waals surface area (Å²) in [6.45, 7) is 3.34. The highest BCUT2D eigenvalue weighted by molar-refractivity contribution is 5.44. The molecule has 0 saturated heterocycles. The Hall–Kier alpha value is -1.09. The molecule has 3 heteroatoms. The number of methoxy groups -OCH3 is 1. The number of halogens is 1. The first-order valence-electron chi connectivity index (χ1n) is 4.64. The predicted molar refractivity (Wildman–Crippen MR) is 55.1 cm³/mol. The molecule has 0 heterocycles. The van der Waals surface area contributed by atoms with Gasteiger partial charge in [-0.15, -0.1) is 0 Å². The van der Waals surface area contributed by atoms with Crippen molar-refractivity contribution in [1.29, 1.82) is 0 Å². The van der Waals surface area contributed by atoms with Gasteiger partial charge in [-0.25, -0.2) is 4.39 Å². The quantitative estimate of drug-likeness (QED) is 0.808. The van der Waals surface area contributed by atoms with Gasteiger partial charge < -0.3 is 10.5 Å². The molecule has 0 aliphatic heterocycles. The van der Waals surface area contributed by atoms with Crippen LogP contribution in [-0.2, 0) is 0 Å². The van der Waals surface area contributed by atoms with Crippen LogP contribution in [0.5, 0.6) is 5.75 Å². The fraction of sp³-hybridized carbons (Fsp3) is 0.455. The number of benzene rings is 1. The third-order valence-corrected chi connectivity index (χ3v) is 2.20. The average molecular weight is 197 g/mol. The Balaban J connectivity index is 3.25. The fourth-order valence-corrected chi connectivity index (χ4v) is 1.48. The van der Waals surface area contributed by atoms with Crippen molar-refractivity contribution in [2.45, 2.75) is 26.1 Å². The van der Waals surface area contributed by atoms with Crippen LogP contribution in [0.3, 0.4) is 0 Å². The third kappa shape index (κ3) is 2.04. The molecular formula is C11H16FNO. The highest BCUT2D eigenvalue weighted by Crippen LogP contribution is 2.33. The van der Waals surface area contributed by atoms with E-state index < -0.39 is 6.17 Å². The summed E-state index contributed by atoms with van der Waals surface area (Å²) >= 11 is 0. The lowest BCUT2D eigenvalue weighted by molar-refractivity contribution is 0.343. The molecule has 0 amide bonds. The second-order valence-corrected chi connectivity index (χ2v) is 3.37. The second-order valence-electron chi connectivity index (χ2n) is 3.37. The van der Waals surface area contributed by atoms with Crippen molar-refractivity contribution in [3.63, 3.8) is 0 Å². The second kappa shape index (κ2) is 4.42. The molecule has 1 rings (SSSR count). The van der Waals surface area contributed by atoms with E-state index in [1.807, 2.05) is 13.0 Å². The summed E-state index contributed by atoms with van der Waals surface area (Å²) in [7, 11) is 1.53. The van der Waals surface area contributed by atoms with E-state index >= 15 is 0 Å². The van der Waals surface area contributed by atoms with Crippen LogP contribution in [0.15, 0.2) is 18.2 Å². The minimum Gasteiger partial charge on any atom is -0.496 e. The van der Waals surface area contributed by atoms with Gasteiger partial charge in [-0.3, -0.25) is 0 Å². The van der Waals surface area contributed by atoms with E-state index in [-0.39, 0.29) is 6.04 Å². The molecule has 0 aromatic heterocycles. The number of hydrogen-bond acceptors (Lipinski definition) is 2. The summed E-state index contributed by atoms with van der Waals surface area (Å²) in [5.41, 5.74) is 7.16. The number of ether oxygens (including phenoxy) is 1. The van der Waals surface area contributed by atoms with Crippen LogP contribution in [0.2, 0.25) is 0 Å². The summed E-state index contributed by atoms with van der Waals surface area (Å²) in [5.74, 6) is 0.567. The molecule has 2 nitrogen and oxygen atoms in total. The predicted octanol–water partition coefficient (Wildman–Crippen LogP) is 2.75. The molecule has 2 N–H and O–H groups in total. The minimum atomic E-state index is -1.04. The van der Waals surface area contributed by atoms with Crippen molar-refractivity contribution in [2.24, 2.45) is 5.73 Å². The topological polar surface area (TPSA) is 35.2 Å². The third-order valence-electron chi connectivity index (χ3n) is 2.20. The maximum absolute atomic E-state index is 13.2. The molecule has 1 aromatic carbocycles. The lowest BCUT2D eigenvalue weighted by Gasteiger charge is -2.16. The Kier molecular flexibility index (Phi) is 3.47. The molecule has 0 spiro atoms. The largest absolute Gasteiger partial charge is 0.496 e. The summed E-state index contributed by atoms with van der Waals surface area (Å²) in [6.07, 6.45) is -1.04. The first kappa shape index (κ1) is 11.0. The fourth-order valence-electron chi connectivity index (χ4n) is 1.48. The Morgan fingerprint density at radius 3 is 2.29 bits per heavy atom. The Morgan fingerprint density at radius 1 is 1.29 bits per heavy atom. The van der Waals surface area contributed by atoms with E-state index in [4.69, 9.17) is 10.5 Å². The normalized spacial score (nSPS) is 14.9. The molecule has 0 bridgehead atoms. The van der Waals surface area contributed by atoms with Crippen molar-refractivity contribution in [3.8, 4) is 5.75 Å². The van der Waals surface area contributed by atoms with Crippen LogP contribution in [0, 0.1) is 0 Å². The van der Waals surface area contributed by atoms with E-state index in [1.54, 1.807) is 12.1 Å². The van der Waals surface area contributed by atoms with Gasteiger partial charge in [0.15, 0.2) is 0 Å². The summed E-state index contributed by atoms with van der Waals surface area (Å²) in [6, 6.07) is 5.22. The van der Waals surface area contributed by atoms with Gasteiger partial charge >= 0.3 is 0 Å². The molecule has 2 unspecified atom stereocenters. The number of nitrogens with two attached hydrogens (primary N) is 1. The number of hydrogen-bond donors (Lipinski definition) is 1. The first-order valence-corrected chi connectivity index (χ1v) is 4.64. The van der Waals surface area contributed by atoms with Gasteiger partial charge in [0.1, 0.15) is 11.9 Å². The van der Waals surface area contributed by atoms with Crippen LogP contribution < -0.4 is 10.5 Å². The lowest BCUT2D eigenvalue weighted by atomic mass is 10.0. The van der Waals surface area contributed by atoms with Crippen molar-refractivity contribution in [1.82, 2.24) is 0 Å². The van der Waals surface area contributed by atoms with E-state index in [1.165, 1.54) is 14.0 Å². The van der Waals surface area contributed by atoms with Gasteiger partial charge in [0.05, 0.1) is 7.11 Å². The van der Waals surface area contributed by atoms with E-state index in [0.29, 0.717) is 11.3 Å². The SMILES string of the molecule is COc1c(C(C)N)cccc1C(C)F. The lowest BCUT2D eigenvalue weighted by Crippen LogP contribution is -2.08. The summed E-state index contributed by atoms with van der Waals surface area (Å²) in [4.78, 5) is 0. The molecule has 0 aliphatic carbocycles. The zero-order valence-corrected chi connectivity index (χ0v) is 8.75. The van der Waals surface area contributed by atoms with Gasteiger partial charge in [-0.1, -0.05) is 18.2 Å². The highest BCUT2D eigenvalue weighted by Gasteiger charge is 2.15. The van der Waals surface area contributed by atoms with E-state index in [9.17, 15) is 4.39 Å². The van der Waals surface area contributed by atoms with Crippen molar-refractivity contribution in [2.75, 3.05) is 7.11 Å². The number of rotatable bonds is 3. The molecule has 2 atom stereocenters. The molecule has 0 aliphatic rings. The van der Waals surface area contributed by atoms with Gasteiger partial charge in [0.2, 0.25) is 0 Å². The summed E-state index contributed by atoms with van der Waals surface area (Å²) < 4.78 is 18.4. The molecule has 1 aromatic rings. The Bertz CT molecular complexity index is 284. The molecular weight excluding hydrogens is 181 g/mol. The highest BCUT2D eigenvalue weighted by atomic mass is 19.1. The monoisotopic (exact) mass is 197 g/mol. The van der Waals surface area contributed by atoms with Gasteiger partial charge in [-0.2, -0.15) is 0 Å². The zero-order valence-electron chi connectivity index (χ0n) is 8.75. The molecule has 0 fully saturated rings. The van der Waals surface area contributed by atoms with E-state index in [2.05, 4.69) is 0 Å².